The zero-order chi connectivity index (χ0) is 23.5. The second-order valence-corrected chi connectivity index (χ2v) is 8.93. The molecule has 1 aliphatic carbocycles. The van der Waals surface area contributed by atoms with E-state index in [-0.39, 0.29) is 30.3 Å². The summed E-state index contributed by atoms with van der Waals surface area (Å²) in [6.45, 7) is 4.22. The number of likely N-dealkylation sites (N-methyl/N-ethyl adjacent to an activating group) is 1. The Morgan fingerprint density at radius 1 is 1.18 bits per heavy atom. The number of hydrogen-bond acceptors (Lipinski definition) is 7. The molecule has 9 heteroatoms. The monoisotopic (exact) mass is 462 g/mol. The highest BCUT2D eigenvalue weighted by molar-refractivity contribution is 5.73. The Morgan fingerprint density at radius 3 is 2.70 bits per heavy atom. The van der Waals surface area contributed by atoms with Gasteiger partial charge in [0.15, 0.2) is 12.6 Å². The minimum absolute atomic E-state index is 0.0227. The van der Waals surface area contributed by atoms with Crippen molar-refractivity contribution in [3.63, 3.8) is 0 Å². The van der Waals surface area contributed by atoms with Gasteiger partial charge in [0.25, 0.3) is 6.43 Å². The van der Waals surface area contributed by atoms with E-state index < -0.39 is 6.43 Å². The van der Waals surface area contributed by atoms with Crippen molar-refractivity contribution in [3.8, 4) is 17.0 Å². The van der Waals surface area contributed by atoms with Crippen molar-refractivity contribution in [2.45, 2.75) is 57.7 Å². The fourth-order valence-corrected chi connectivity index (χ4v) is 4.84. The van der Waals surface area contributed by atoms with E-state index in [1.165, 1.54) is 19.2 Å². The maximum atomic E-state index is 13.3. The van der Waals surface area contributed by atoms with E-state index in [1.807, 2.05) is 6.92 Å². The van der Waals surface area contributed by atoms with Crippen LogP contribution in [0.5, 0.6) is 5.75 Å². The largest absolute Gasteiger partial charge is 0.467 e. The molecule has 2 atom stereocenters. The van der Waals surface area contributed by atoms with Crippen LogP contribution in [0.2, 0.25) is 0 Å². The Bertz CT molecular complexity index is 975. The highest BCUT2D eigenvalue weighted by Crippen LogP contribution is 2.38. The fourth-order valence-electron chi connectivity index (χ4n) is 4.84. The number of ether oxygens (including phenoxy) is 2. The lowest BCUT2D eigenvalue weighted by atomic mass is 9.91. The molecule has 1 N–H and O–H groups in total. The quantitative estimate of drug-likeness (QED) is 0.653. The van der Waals surface area contributed by atoms with Crippen LogP contribution in [0.25, 0.3) is 11.3 Å². The standard InChI is InChI=1S/C24H32F2N4O3/c1-15-18-13-29(2)10-11-30(19-6-4-5-7-20(19)31)24(18)28-27-22(15)17-9-8-16(23(25)26)12-21(17)33-14-32-3/h8-9,12,19-20,23,31H,4-7,10-11,13-14H2,1-3H3/t19-,20-/m1/s1. The average molecular weight is 463 g/mol. The molecule has 1 fully saturated rings. The van der Waals surface area contributed by atoms with Gasteiger partial charge in [-0.05, 0) is 44.5 Å². The van der Waals surface area contributed by atoms with Gasteiger partial charge in [0.2, 0.25) is 0 Å². The molecular formula is C24H32F2N4O3. The van der Waals surface area contributed by atoms with Crippen LogP contribution in [0.4, 0.5) is 14.6 Å². The number of methoxy groups -OCH3 is 1. The fraction of sp³-hybridized carbons (Fsp3) is 0.583. The zero-order valence-corrected chi connectivity index (χ0v) is 19.4. The van der Waals surface area contributed by atoms with E-state index in [1.54, 1.807) is 6.07 Å². The minimum Gasteiger partial charge on any atom is -0.467 e. The van der Waals surface area contributed by atoms with Crippen molar-refractivity contribution in [2.24, 2.45) is 0 Å². The Balaban J connectivity index is 1.78. The highest BCUT2D eigenvalue weighted by Gasteiger charge is 2.34. The Kier molecular flexibility index (Phi) is 7.41. The van der Waals surface area contributed by atoms with Gasteiger partial charge in [-0.25, -0.2) is 8.78 Å². The van der Waals surface area contributed by atoms with Crippen molar-refractivity contribution in [3.05, 3.63) is 34.9 Å². The third kappa shape index (κ3) is 4.95. The molecule has 0 bridgehead atoms. The normalized spacial score (nSPS) is 21.7. The van der Waals surface area contributed by atoms with Gasteiger partial charge in [-0.2, -0.15) is 0 Å². The molecule has 4 rings (SSSR count). The summed E-state index contributed by atoms with van der Waals surface area (Å²) in [6, 6.07) is 4.36. The molecule has 1 aliphatic heterocycles. The summed E-state index contributed by atoms with van der Waals surface area (Å²) in [5, 5.41) is 19.9. The van der Waals surface area contributed by atoms with Gasteiger partial charge in [0, 0.05) is 43.4 Å². The predicted octanol–water partition coefficient (Wildman–Crippen LogP) is 3.93. The van der Waals surface area contributed by atoms with E-state index in [4.69, 9.17) is 9.47 Å². The van der Waals surface area contributed by atoms with Gasteiger partial charge in [-0.3, -0.25) is 0 Å². The van der Waals surface area contributed by atoms with Crippen molar-refractivity contribution < 1.29 is 23.4 Å². The summed E-state index contributed by atoms with van der Waals surface area (Å²) in [5.74, 6) is 1.09. The van der Waals surface area contributed by atoms with Crippen molar-refractivity contribution in [1.82, 2.24) is 15.1 Å². The summed E-state index contributed by atoms with van der Waals surface area (Å²) in [7, 11) is 3.54. The molecule has 33 heavy (non-hydrogen) atoms. The zero-order valence-electron chi connectivity index (χ0n) is 19.4. The Labute approximate surface area is 193 Å². The molecule has 7 nitrogen and oxygen atoms in total. The first-order valence-electron chi connectivity index (χ1n) is 11.4. The Hall–Kier alpha value is -2.36. The smallest absolute Gasteiger partial charge is 0.263 e. The topological polar surface area (TPSA) is 71.0 Å². The second-order valence-electron chi connectivity index (χ2n) is 8.93. The maximum absolute atomic E-state index is 13.3. The lowest BCUT2D eigenvalue weighted by molar-refractivity contribution is 0.0511. The number of anilines is 1. The number of aliphatic hydroxyl groups is 1. The van der Waals surface area contributed by atoms with E-state index in [9.17, 15) is 13.9 Å². The average Bonchev–Trinajstić information content (AvgIpc) is 2.97. The molecule has 2 heterocycles. The summed E-state index contributed by atoms with van der Waals surface area (Å²) in [4.78, 5) is 4.45. The number of aromatic nitrogens is 2. The van der Waals surface area contributed by atoms with Crippen molar-refractivity contribution in [1.29, 1.82) is 0 Å². The summed E-state index contributed by atoms with van der Waals surface area (Å²) >= 11 is 0. The van der Waals surface area contributed by atoms with E-state index in [0.717, 1.165) is 55.7 Å². The molecule has 2 aliphatic rings. The summed E-state index contributed by atoms with van der Waals surface area (Å²) in [6.07, 6.45) is 0.871. The second kappa shape index (κ2) is 10.3. The van der Waals surface area contributed by atoms with E-state index in [0.29, 0.717) is 17.8 Å². The third-order valence-electron chi connectivity index (χ3n) is 6.68. The SMILES string of the molecule is COCOc1cc(C(F)F)ccc1-c1nnc2c(c1C)CN(C)CCN2[C@@H]1CCCC[C@H]1O. The van der Waals surface area contributed by atoms with E-state index in [2.05, 4.69) is 27.0 Å². The molecule has 1 aromatic carbocycles. The molecule has 180 valence electrons. The lowest BCUT2D eigenvalue weighted by Gasteiger charge is -2.38. The van der Waals surface area contributed by atoms with Gasteiger partial charge in [0.05, 0.1) is 12.1 Å². The molecule has 0 spiro atoms. The molecule has 1 aromatic heterocycles. The number of aliphatic hydroxyl groups excluding tert-OH is 1. The number of hydrogen-bond donors (Lipinski definition) is 1. The molecule has 0 saturated heterocycles. The van der Waals surface area contributed by atoms with Gasteiger partial charge in [0.1, 0.15) is 11.4 Å². The number of fused-ring (bicyclic) bond motifs is 1. The minimum atomic E-state index is -2.60. The molecule has 2 aromatic rings. The summed E-state index contributed by atoms with van der Waals surface area (Å²) < 4.78 is 37.2. The molecule has 1 saturated carbocycles. The van der Waals surface area contributed by atoms with Crippen LogP contribution in [0.3, 0.4) is 0 Å². The first-order valence-corrected chi connectivity index (χ1v) is 11.4. The van der Waals surface area contributed by atoms with Crippen LogP contribution in [-0.4, -0.2) is 66.4 Å². The Morgan fingerprint density at radius 2 is 1.97 bits per heavy atom. The van der Waals surface area contributed by atoms with Gasteiger partial charge in [-0.15, -0.1) is 10.2 Å². The number of rotatable bonds is 6. The third-order valence-corrected chi connectivity index (χ3v) is 6.68. The molecule has 0 unspecified atom stereocenters. The van der Waals surface area contributed by atoms with E-state index >= 15 is 0 Å². The molecule has 0 radical (unpaired) electrons. The van der Waals surface area contributed by atoms with Crippen molar-refractivity contribution in [2.75, 3.05) is 38.9 Å². The summed E-state index contributed by atoms with van der Waals surface area (Å²) in [5.41, 5.74) is 3.03. The van der Waals surface area contributed by atoms with Crippen LogP contribution in [-0.2, 0) is 11.3 Å². The number of nitrogens with zero attached hydrogens (tertiary/aromatic N) is 4. The lowest BCUT2D eigenvalue weighted by Crippen LogP contribution is -2.47. The first kappa shape index (κ1) is 23.8. The molecular weight excluding hydrogens is 430 g/mol. The number of halogens is 2. The van der Waals surface area contributed by atoms with Crippen LogP contribution in [0, 0.1) is 6.92 Å². The van der Waals surface area contributed by atoms with Gasteiger partial charge < -0.3 is 24.4 Å². The van der Waals surface area contributed by atoms with Crippen LogP contribution in [0.15, 0.2) is 18.2 Å². The number of alkyl halides is 2. The van der Waals surface area contributed by atoms with Crippen LogP contribution in [0.1, 0.15) is 48.8 Å². The molecule has 0 amide bonds. The maximum Gasteiger partial charge on any atom is 0.263 e. The highest BCUT2D eigenvalue weighted by atomic mass is 19.3. The first-order chi connectivity index (χ1) is 15.9. The van der Waals surface area contributed by atoms with Crippen LogP contribution >= 0.6 is 0 Å². The van der Waals surface area contributed by atoms with Crippen molar-refractivity contribution >= 4 is 5.82 Å². The van der Waals surface area contributed by atoms with Crippen LogP contribution < -0.4 is 9.64 Å². The van der Waals surface area contributed by atoms with Gasteiger partial charge >= 0.3 is 0 Å². The predicted molar refractivity (Wildman–Crippen MR) is 122 cm³/mol. The number of benzene rings is 1. The van der Waals surface area contributed by atoms with Gasteiger partial charge in [-0.1, -0.05) is 18.9 Å².